The second-order valence-corrected chi connectivity index (χ2v) is 7.77. The van der Waals surface area contributed by atoms with Crippen molar-refractivity contribution in [2.45, 2.75) is 31.2 Å². The zero-order valence-corrected chi connectivity index (χ0v) is 17.4. The summed E-state index contributed by atoms with van der Waals surface area (Å²) in [5.74, 6) is -0.868. The quantitative estimate of drug-likeness (QED) is 0.409. The molecule has 0 bridgehead atoms. The van der Waals surface area contributed by atoms with Crippen LogP contribution >= 0.6 is 23.4 Å². The van der Waals surface area contributed by atoms with Crippen LogP contribution in [0.3, 0.4) is 0 Å². The minimum Gasteiger partial charge on any atom is -0.325 e. The van der Waals surface area contributed by atoms with Crippen LogP contribution in [0, 0.1) is 0 Å². The molecule has 1 N–H and O–H groups in total. The first kappa shape index (κ1) is 22.2. The highest BCUT2D eigenvalue weighted by Crippen LogP contribution is 2.36. The maximum absolute atomic E-state index is 13.2. The predicted molar refractivity (Wildman–Crippen MR) is 112 cm³/mol. The lowest BCUT2D eigenvalue weighted by Gasteiger charge is -2.15. The van der Waals surface area contributed by atoms with Crippen molar-refractivity contribution >= 4 is 45.9 Å². The fraction of sp³-hybridized carbons (Fsp3) is 0.250. The summed E-state index contributed by atoms with van der Waals surface area (Å²) >= 11 is 6.65. The number of hydrogen-bond donors (Lipinski definition) is 1. The van der Waals surface area contributed by atoms with Crippen LogP contribution in [0.5, 0.6) is 0 Å². The maximum atomic E-state index is 13.2. The zero-order valence-electron chi connectivity index (χ0n) is 15.8. The summed E-state index contributed by atoms with van der Waals surface area (Å²) in [6.07, 6.45) is -3.98. The van der Waals surface area contributed by atoms with E-state index >= 15 is 0 Å². The monoisotopic (exact) mass is 455 g/mol. The van der Waals surface area contributed by atoms with Gasteiger partial charge in [0, 0.05) is 11.6 Å². The summed E-state index contributed by atoms with van der Waals surface area (Å²) in [7, 11) is 0. The lowest BCUT2D eigenvalue weighted by atomic mass is 10.1. The van der Waals surface area contributed by atoms with E-state index in [1.165, 1.54) is 10.6 Å². The Kier molecular flexibility index (Phi) is 6.72. The molecule has 3 rings (SSSR count). The summed E-state index contributed by atoms with van der Waals surface area (Å²) in [4.78, 5) is 29.5. The molecule has 0 atom stereocenters. The average Bonchev–Trinajstić information content (AvgIpc) is 2.69. The molecule has 30 heavy (non-hydrogen) atoms. The Morgan fingerprint density at radius 1 is 1.23 bits per heavy atom. The van der Waals surface area contributed by atoms with Gasteiger partial charge in [0.25, 0.3) is 5.56 Å². The van der Waals surface area contributed by atoms with Crippen molar-refractivity contribution < 1.29 is 18.0 Å². The van der Waals surface area contributed by atoms with Gasteiger partial charge in [-0.05, 0) is 36.8 Å². The van der Waals surface area contributed by atoms with Crippen molar-refractivity contribution in [1.82, 2.24) is 9.55 Å². The average molecular weight is 456 g/mol. The van der Waals surface area contributed by atoms with E-state index in [1.807, 2.05) is 6.92 Å². The molecule has 1 amide bonds. The van der Waals surface area contributed by atoms with Gasteiger partial charge in [0.15, 0.2) is 5.16 Å². The van der Waals surface area contributed by atoms with Gasteiger partial charge >= 0.3 is 6.18 Å². The number of para-hydroxylation sites is 1. The van der Waals surface area contributed by atoms with Crippen LogP contribution in [0.1, 0.15) is 18.9 Å². The van der Waals surface area contributed by atoms with E-state index in [-0.39, 0.29) is 22.0 Å². The highest BCUT2D eigenvalue weighted by molar-refractivity contribution is 7.99. The fourth-order valence-corrected chi connectivity index (χ4v) is 3.85. The van der Waals surface area contributed by atoms with E-state index < -0.39 is 17.6 Å². The van der Waals surface area contributed by atoms with Crippen molar-refractivity contribution in [2.24, 2.45) is 0 Å². The lowest BCUT2D eigenvalue weighted by molar-refractivity contribution is -0.137. The molecular weight excluding hydrogens is 439 g/mol. The van der Waals surface area contributed by atoms with Crippen molar-refractivity contribution in [2.75, 3.05) is 11.1 Å². The number of nitrogens with one attached hydrogen (secondary N) is 1. The number of fused-ring (bicyclic) bond motifs is 1. The van der Waals surface area contributed by atoms with Crippen LogP contribution in [0.2, 0.25) is 5.02 Å². The number of nitrogens with zero attached hydrogens (tertiary/aromatic N) is 2. The van der Waals surface area contributed by atoms with Crippen molar-refractivity contribution in [3.05, 3.63) is 63.4 Å². The first-order chi connectivity index (χ1) is 14.2. The first-order valence-corrected chi connectivity index (χ1v) is 10.4. The smallest absolute Gasteiger partial charge is 0.325 e. The van der Waals surface area contributed by atoms with Gasteiger partial charge in [0.2, 0.25) is 5.91 Å². The third kappa shape index (κ3) is 4.96. The number of anilines is 1. The number of thioether (sulfide) groups is 1. The SMILES string of the molecule is CCCn1c(SCC(=O)Nc2ccc(Cl)cc2C(F)(F)F)nc2ccccc2c1=O. The van der Waals surface area contributed by atoms with Crippen LogP contribution in [-0.2, 0) is 17.5 Å². The number of carbonyl (C=O) groups is 1. The highest BCUT2D eigenvalue weighted by atomic mass is 35.5. The Hall–Kier alpha value is -2.52. The number of rotatable bonds is 6. The van der Waals surface area contributed by atoms with Gasteiger partial charge < -0.3 is 5.32 Å². The van der Waals surface area contributed by atoms with Crippen LogP contribution in [0.25, 0.3) is 10.9 Å². The predicted octanol–water partition coefficient (Wildman–Crippen LogP) is 5.21. The van der Waals surface area contributed by atoms with Gasteiger partial charge in [0.1, 0.15) is 0 Å². The zero-order chi connectivity index (χ0) is 21.9. The Morgan fingerprint density at radius 3 is 2.67 bits per heavy atom. The van der Waals surface area contributed by atoms with E-state index in [9.17, 15) is 22.8 Å². The first-order valence-electron chi connectivity index (χ1n) is 8.99. The second-order valence-electron chi connectivity index (χ2n) is 6.39. The molecule has 158 valence electrons. The number of hydrogen-bond acceptors (Lipinski definition) is 4. The molecule has 0 unspecified atom stereocenters. The molecule has 10 heteroatoms. The van der Waals surface area contributed by atoms with Gasteiger partial charge in [-0.25, -0.2) is 4.98 Å². The van der Waals surface area contributed by atoms with Crippen LogP contribution in [-0.4, -0.2) is 21.2 Å². The van der Waals surface area contributed by atoms with Crippen LogP contribution in [0.4, 0.5) is 18.9 Å². The molecule has 1 heterocycles. The summed E-state index contributed by atoms with van der Waals surface area (Å²) in [6.45, 7) is 2.32. The van der Waals surface area contributed by atoms with Crippen molar-refractivity contribution in [3.63, 3.8) is 0 Å². The Labute approximate surface area is 179 Å². The van der Waals surface area contributed by atoms with Gasteiger partial charge in [0.05, 0.1) is 27.9 Å². The molecule has 2 aromatic carbocycles. The largest absolute Gasteiger partial charge is 0.418 e. The molecular formula is C20H17ClF3N3O2S. The normalized spacial score (nSPS) is 11.6. The molecule has 0 saturated carbocycles. The number of alkyl halides is 3. The standard InChI is InChI=1S/C20H17ClF3N3O2S/c1-2-9-27-18(29)13-5-3-4-6-15(13)26-19(27)30-11-17(28)25-16-8-7-12(21)10-14(16)20(22,23)24/h3-8,10H,2,9,11H2,1H3,(H,25,28). The molecule has 5 nitrogen and oxygen atoms in total. The number of aromatic nitrogens is 2. The lowest BCUT2D eigenvalue weighted by Crippen LogP contribution is -2.24. The molecule has 0 saturated heterocycles. The molecule has 0 fully saturated rings. The van der Waals surface area contributed by atoms with E-state index in [0.29, 0.717) is 29.0 Å². The Balaban J connectivity index is 1.83. The van der Waals surface area contributed by atoms with Crippen molar-refractivity contribution in [3.8, 4) is 0 Å². The molecule has 0 radical (unpaired) electrons. The maximum Gasteiger partial charge on any atom is 0.418 e. The van der Waals surface area contributed by atoms with Gasteiger partial charge in [-0.2, -0.15) is 13.2 Å². The molecule has 1 aromatic heterocycles. The molecule has 0 aliphatic rings. The highest BCUT2D eigenvalue weighted by Gasteiger charge is 2.34. The second kappa shape index (κ2) is 9.09. The number of benzene rings is 2. The number of halogens is 4. The van der Waals surface area contributed by atoms with E-state index in [1.54, 1.807) is 24.3 Å². The van der Waals surface area contributed by atoms with Crippen molar-refractivity contribution in [1.29, 1.82) is 0 Å². The van der Waals surface area contributed by atoms with E-state index in [2.05, 4.69) is 10.3 Å². The Morgan fingerprint density at radius 2 is 1.97 bits per heavy atom. The van der Waals surface area contributed by atoms with Gasteiger partial charge in [-0.1, -0.05) is 42.4 Å². The molecule has 0 spiro atoms. The van der Waals surface area contributed by atoms with Gasteiger partial charge in [-0.15, -0.1) is 0 Å². The minimum absolute atomic E-state index is 0.0846. The molecule has 0 aliphatic carbocycles. The molecule has 0 aliphatic heterocycles. The number of carbonyl (C=O) groups excluding carboxylic acids is 1. The topological polar surface area (TPSA) is 64.0 Å². The minimum atomic E-state index is -4.66. The fourth-order valence-electron chi connectivity index (χ4n) is 2.86. The summed E-state index contributed by atoms with van der Waals surface area (Å²) in [6, 6.07) is 10.00. The third-order valence-corrected chi connectivity index (χ3v) is 5.38. The summed E-state index contributed by atoms with van der Waals surface area (Å²) in [5, 5.41) is 2.98. The summed E-state index contributed by atoms with van der Waals surface area (Å²) < 4.78 is 41.1. The summed E-state index contributed by atoms with van der Waals surface area (Å²) in [5.41, 5.74) is -1.13. The Bertz CT molecular complexity index is 1150. The van der Waals surface area contributed by atoms with Crippen LogP contribution in [0.15, 0.2) is 52.4 Å². The van der Waals surface area contributed by atoms with E-state index in [4.69, 9.17) is 11.6 Å². The van der Waals surface area contributed by atoms with Gasteiger partial charge in [-0.3, -0.25) is 14.2 Å². The number of amides is 1. The molecule has 3 aromatic rings. The van der Waals surface area contributed by atoms with Crippen LogP contribution < -0.4 is 10.9 Å². The van der Waals surface area contributed by atoms with E-state index in [0.717, 1.165) is 23.9 Å². The third-order valence-electron chi connectivity index (χ3n) is 4.17.